The summed E-state index contributed by atoms with van der Waals surface area (Å²) >= 11 is 0. The van der Waals surface area contributed by atoms with Crippen molar-refractivity contribution in [2.24, 2.45) is 5.84 Å². The number of hydrazine groups is 1. The summed E-state index contributed by atoms with van der Waals surface area (Å²) in [5.74, 6) is 5.44. The molecule has 0 radical (unpaired) electrons. The minimum atomic E-state index is -0.0385. The van der Waals surface area contributed by atoms with Gasteiger partial charge in [0.15, 0.2) is 0 Å². The van der Waals surface area contributed by atoms with E-state index in [1.807, 2.05) is 19.1 Å². The number of rotatable bonds is 4. The number of hydrogen-bond acceptors (Lipinski definition) is 4. The second-order valence-electron chi connectivity index (χ2n) is 5.01. The van der Waals surface area contributed by atoms with Gasteiger partial charge in [-0.3, -0.25) is 10.6 Å². The molecule has 5 nitrogen and oxygen atoms in total. The molecule has 1 heterocycles. The number of nitrogens with one attached hydrogen (secondary N) is 1. The molecule has 0 bridgehead atoms. The van der Waals surface area contributed by atoms with Gasteiger partial charge in [0.1, 0.15) is 0 Å². The number of amides is 1. The van der Waals surface area contributed by atoms with Crippen molar-refractivity contribution < 1.29 is 9.53 Å². The molecule has 0 aliphatic carbocycles. The number of hydrogen-bond donors (Lipinski definition) is 2. The Morgan fingerprint density at radius 2 is 2.37 bits per heavy atom. The first-order valence-electron chi connectivity index (χ1n) is 6.56. The maximum absolute atomic E-state index is 12.4. The number of ether oxygens (including phenoxy) is 1. The number of nitrogen functional groups attached to an aromatic ring is 1. The third-order valence-corrected chi connectivity index (χ3v) is 3.41. The monoisotopic (exact) mass is 263 g/mol. The van der Waals surface area contributed by atoms with Gasteiger partial charge in [-0.15, -0.1) is 0 Å². The fraction of sp³-hybridized carbons (Fsp3) is 0.500. The highest BCUT2D eigenvalue weighted by Crippen LogP contribution is 2.19. The Hall–Kier alpha value is -1.59. The van der Waals surface area contributed by atoms with Crippen LogP contribution in [0.1, 0.15) is 28.8 Å². The minimum Gasteiger partial charge on any atom is -0.376 e. The summed E-state index contributed by atoms with van der Waals surface area (Å²) in [4.78, 5) is 14.1. The first kappa shape index (κ1) is 13.8. The number of carbonyl (C=O) groups excluding carboxylic acids is 1. The van der Waals surface area contributed by atoms with Crippen molar-refractivity contribution in [2.45, 2.75) is 25.9 Å². The Morgan fingerprint density at radius 3 is 3.00 bits per heavy atom. The average Bonchev–Trinajstić information content (AvgIpc) is 2.90. The molecule has 1 aliphatic rings. The molecule has 3 N–H and O–H groups in total. The van der Waals surface area contributed by atoms with Gasteiger partial charge in [0.25, 0.3) is 5.91 Å². The van der Waals surface area contributed by atoms with Gasteiger partial charge in [-0.05, 0) is 37.5 Å². The molecule has 1 atom stereocenters. The predicted octanol–water partition coefficient (Wildman–Crippen LogP) is 1.53. The fourth-order valence-corrected chi connectivity index (χ4v) is 2.35. The van der Waals surface area contributed by atoms with E-state index >= 15 is 0 Å². The summed E-state index contributed by atoms with van der Waals surface area (Å²) in [6.07, 6.45) is 2.26. The second-order valence-corrected chi connectivity index (χ2v) is 5.01. The molecule has 1 aromatic carbocycles. The Morgan fingerprint density at radius 1 is 1.58 bits per heavy atom. The maximum Gasteiger partial charge on any atom is 0.255 e. The van der Waals surface area contributed by atoms with Crippen LogP contribution in [0.5, 0.6) is 0 Å². The summed E-state index contributed by atoms with van der Waals surface area (Å²) < 4.78 is 5.55. The molecule has 5 heteroatoms. The summed E-state index contributed by atoms with van der Waals surface area (Å²) in [6.45, 7) is 3.38. The van der Waals surface area contributed by atoms with E-state index in [9.17, 15) is 4.79 Å². The lowest BCUT2D eigenvalue weighted by Gasteiger charge is -2.22. The van der Waals surface area contributed by atoms with Gasteiger partial charge in [0, 0.05) is 20.2 Å². The van der Waals surface area contributed by atoms with E-state index < -0.39 is 0 Å². The van der Waals surface area contributed by atoms with E-state index in [1.54, 1.807) is 18.0 Å². The molecule has 1 aliphatic heterocycles. The van der Waals surface area contributed by atoms with Crippen LogP contribution in [0.4, 0.5) is 5.69 Å². The molecule has 1 saturated heterocycles. The maximum atomic E-state index is 12.4. The van der Waals surface area contributed by atoms with Crippen LogP contribution in [0.3, 0.4) is 0 Å². The molecule has 19 heavy (non-hydrogen) atoms. The zero-order valence-electron chi connectivity index (χ0n) is 11.5. The standard InChI is InChI=1S/C14H21N3O2/c1-10-5-6-12(13(8-10)16-15)14(18)17(2)9-11-4-3-7-19-11/h5-6,8,11,16H,3-4,7,9,15H2,1-2H3. The molecule has 0 saturated carbocycles. The van der Waals surface area contributed by atoms with Gasteiger partial charge in [0.05, 0.1) is 17.4 Å². The molecule has 1 amide bonds. The van der Waals surface area contributed by atoms with Crippen molar-refractivity contribution in [3.05, 3.63) is 29.3 Å². The highest BCUT2D eigenvalue weighted by atomic mass is 16.5. The SMILES string of the molecule is Cc1ccc(C(=O)N(C)CC2CCCO2)c(NN)c1. The number of anilines is 1. The van der Waals surface area contributed by atoms with Gasteiger partial charge in [-0.2, -0.15) is 0 Å². The fourth-order valence-electron chi connectivity index (χ4n) is 2.35. The van der Waals surface area contributed by atoms with Crippen LogP contribution < -0.4 is 11.3 Å². The zero-order chi connectivity index (χ0) is 13.8. The quantitative estimate of drug-likeness (QED) is 0.638. The van der Waals surface area contributed by atoms with Crippen LogP contribution in [0.2, 0.25) is 0 Å². The molecular weight excluding hydrogens is 242 g/mol. The van der Waals surface area contributed by atoms with Gasteiger partial charge in [-0.25, -0.2) is 0 Å². The molecule has 0 aromatic heterocycles. The molecule has 1 fully saturated rings. The first-order chi connectivity index (χ1) is 9.11. The molecular formula is C14H21N3O2. The summed E-state index contributed by atoms with van der Waals surface area (Å²) in [5, 5.41) is 0. The third kappa shape index (κ3) is 3.24. The van der Waals surface area contributed by atoms with Gasteiger partial charge in [0.2, 0.25) is 0 Å². The van der Waals surface area contributed by atoms with E-state index in [-0.39, 0.29) is 12.0 Å². The van der Waals surface area contributed by atoms with Crippen LogP contribution in [0, 0.1) is 6.92 Å². The van der Waals surface area contributed by atoms with Crippen LogP contribution in [0.15, 0.2) is 18.2 Å². The smallest absolute Gasteiger partial charge is 0.255 e. The van der Waals surface area contributed by atoms with Gasteiger partial charge < -0.3 is 15.1 Å². The normalized spacial score (nSPS) is 18.4. The topological polar surface area (TPSA) is 67.6 Å². The van der Waals surface area contributed by atoms with Crippen molar-refractivity contribution in [2.75, 3.05) is 25.6 Å². The van der Waals surface area contributed by atoms with E-state index in [4.69, 9.17) is 10.6 Å². The predicted molar refractivity (Wildman–Crippen MR) is 74.9 cm³/mol. The van der Waals surface area contributed by atoms with E-state index in [0.717, 1.165) is 25.0 Å². The van der Waals surface area contributed by atoms with Crippen molar-refractivity contribution in [1.29, 1.82) is 0 Å². The van der Waals surface area contributed by atoms with Crippen molar-refractivity contribution in [3.8, 4) is 0 Å². The van der Waals surface area contributed by atoms with Crippen LogP contribution >= 0.6 is 0 Å². The van der Waals surface area contributed by atoms with Crippen LogP contribution in [-0.4, -0.2) is 37.1 Å². The highest BCUT2D eigenvalue weighted by molar-refractivity contribution is 5.99. The van der Waals surface area contributed by atoms with Crippen LogP contribution in [0.25, 0.3) is 0 Å². The minimum absolute atomic E-state index is 0.0385. The largest absolute Gasteiger partial charge is 0.376 e. The van der Waals surface area contributed by atoms with Gasteiger partial charge in [-0.1, -0.05) is 6.07 Å². The lowest BCUT2D eigenvalue weighted by molar-refractivity contribution is 0.0588. The summed E-state index contributed by atoms with van der Waals surface area (Å²) in [6, 6.07) is 5.58. The van der Waals surface area contributed by atoms with E-state index in [2.05, 4.69) is 5.43 Å². The molecule has 2 rings (SSSR count). The average molecular weight is 263 g/mol. The first-order valence-corrected chi connectivity index (χ1v) is 6.56. The van der Waals surface area contributed by atoms with Crippen LogP contribution in [-0.2, 0) is 4.74 Å². The molecule has 0 spiro atoms. The van der Waals surface area contributed by atoms with Gasteiger partial charge >= 0.3 is 0 Å². The number of nitrogens with zero attached hydrogens (tertiary/aromatic N) is 1. The Kier molecular flexibility index (Phi) is 4.39. The van der Waals surface area contributed by atoms with Crippen molar-refractivity contribution >= 4 is 11.6 Å². The highest BCUT2D eigenvalue weighted by Gasteiger charge is 2.22. The lowest BCUT2D eigenvalue weighted by atomic mass is 10.1. The second kappa shape index (κ2) is 6.04. The number of likely N-dealkylation sites (N-methyl/N-ethyl adjacent to an activating group) is 1. The van der Waals surface area contributed by atoms with E-state index in [1.165, 1.54) is 0 Å². The molecule has 1 aromatic rings. The molecule has 1 unspecified atom stereocenters. The number of benzene rings is 1. The lowest BCUT2D eigenvalue weighted by Crippen LogP contribution is -2.34. The Labute approximate surface area is 113 Å². The Balaban J connectivity index is 2.09. The Bertz CT molecular complexity index is 456. The number of aryl methyl sites for hydroxylation is 1. The zero-order valence-corrected chi connectivity index (χ0v) is 11.5. The number of nitrogens with two attached hydrogens (primary N) is 1. The molecule has 104 valence electrons. The van der Waals surface area contributed by atoms with Crippen molar-refractivity contribution in [3.63, 3.8) is 0 Å². The van der Waals surface area contributed by atoms with Crippen molar-refractivity contribution in [1.82, 2.24) is 4.90 Å². The van der Waals surface area contributed by atoms with E-state index in [0.29, 0.717) is 17.8 Å². The summed E-state index contributed by atoms with van der Waals surface area (Å²) in [5.41, 5.74) is 4.90. The summed E-state index contributed by atoms with van der Waals surface area (Å²) in [7, 11) is 1.80. The number of carbonyl (C=O) groups is 1. The third-order valence-electron chi connectivity index (χ3n) is 3.41.